The summed E-state index contributed by atoms with van der Waals surface area (Å²) >= 11 is 1.72. The molecule has 2 N–H and O–H groups in total. The molecule has 3 rings (SSSR count). The highest BCUT2D eigenvalue weighted by molar-refractivity contribution is 7.18. The third kappa shape index (κ3) is 1.76. The lowest BCUT2D eigenvalue weighted by Crippen LogP contribution is -1.84. The Hall–Kier alpha value is -1.88. The molecule has 2 aromatic heterocycles. The van der Waals surface area contributed by atoms with Crippen molar-refractivity contribution in [2.45, 2.75) is 19.8 Å². The number of anilines is 1. The minimum absolute atomic E-state index is 0.350. The highest BCUT2D eigenvalue weighted by atomic mass is 32.1. The van der Waals surface area contributed by atoms with Gasteiger partial charge in [-0.2, -0.15) is 0 Å². The van der Waals surface area contributed by atoms with Gasteiger partial charge in [-0.3, -0.25) is 0 Å². The molecule has 18 heavy (non-hydrogen) atoms. The number of nitrogens with two attached hydrogens (primary N) is 1. The molecule has 2 heterocycles. The van der Waals surface area contributed by atoms with Crippen LogP contribution in [0.1, 0.15) is 24.8 Å². The summed E-state index contributed by atoms with van der Waals surface area (Å²) in [5.41, 5.74) is 8.60. The number of hydrogen-bond acceptors (Lipinski definition) is 5. The normalized spacial score (nSPS) is 11.5. The molecule has 0 aliphatic heterocycles. The van der Waals surface area contributed by atoms with Gasteiger partial charge in [-0.1, -0.05) is 25.1 Å². The Morgan fingerprint density at radius 1 is 1.33 bits per heavy atom. The van der Waals surface area contributed by atoms with E-state index in [0.29, 0.717) is 11.8 Å². The van der Waals surface area contributed by atoms with Crippen LogP contribution in [0.25, 0.3) is 21.3 Å². The third-order valence-corrected chi connectivity index (χ3v) is 4.13. The third-order valence-electron chi connectivity index (χ3n) is 2.81. The first kappa shape index (κ1) is 11.2. The molecular weight excluding hydrogens is 246 g/mol. The number of thiazole rings is 1. The van der Waals surface area contributed by atoms with E-state index < -0.39 is 0 Å². The van der Waals surface area contributed by atoms with Crippen LogP contribution < -0.4 is 5.73 Å². The van der Waals surface area contributed by atoms with Gasteiger partial charge in [-0.25, -0.2) is 4.98 Å². The molecule has 0 spiro atoms. The van der Waals surface area contributed by atoms with E-state index in [-0.39, 0.29) is 0 Å². The maximum atomic E-state index is 5.73. The van der Waals surface area contributed by atoms with E-state index in [4.69, 9.17) is 10.3 Å². The van der Waals surface area contributed by atoms with Gasteiger partial charge in [0.15, 0.2) is 0 Å². The molecule has 0 saturated heterocycles. The maximum absolute atomic E-state index is 5.73. The van der Waals surface area contributed by atoms with Gasteiger partial charge >= 0.3 is 0 Å². The average Bonchev–Trinajstić information content (AvgIpc) is 2.93. The Morgan fingerprint density at radius 2 is 2.17 bits per heavy atom. The van der Waals surface area contributed by atoms with Crippen LogP contribution in [0, 0.1) is 0 Å². The lowest BCUT2D eigenvalue weighted by molar-refractivity contribution is 0.436. The van der Waals surface area contributed by atoms with E-state index in [1.807, 2.05) is 12.1 Å². The summed E-state index contributed by atoms with van der Waals surface area (Å²) in [6, 6.07) is 6.09. The van der Waals surface area contributed by atoms with Gasteiger partial charge in [0.05, 0.1) is 27.0 Å². The molecule has 0 aliphatic rings. The molecule has 1 aromatic carbocycles. The van der Waals surface area contributed by atoms with Crippen molar-refractivity contribution in [3.05, 3.63) is 29.4 Å². The minimum atomic E-state index is 0.350. The van der Waals surface area contributed by atoms with E-state index in [1.165, 1.54) is 0 Å². The van der Waals surface area contributed by atoms with Crippen LogP contribution in [-0.4, -0.2) is 10.1 Å². The Balaban J connectivity index is 2.14. The van der Waals surface area contributed by atoms with Crippen molar-refractivity contribution in [3.63, 3.8) is 0 Å². The number of fused-ring (bicyclic) bond motifs is 1. The number of benzene rings is 1. The predicted molar refractivity (Wildman–Crippen MR) is 73.6 cm³/mol. The standard InChI is InChI=1S/C13H13N3OS/c1-7(2)13-16-10-4-3-8(5-11(10)18-13)9-6-15-17-12(9)14/h3-7H,14H2,1-2H3. The monoisotopic (exact) mass is 259 g/mol. The Morgan fingerprint density at radius 3 is 2.83 bits per heavy atom. The van der Waals surface area contributed by atoms with Crippen LogP contribution >= 0.6 is 11.3 Å². The number of hydrogen-bond donors (Lipinski definition) is 1. The lowest BCUT2D eigenvalue weighted by Gasteiger charge is -1.96. The number of aromatic nitrogens is 2. The van der Waals surface area contributed by atoms with Crippen LogP contribution in [-0.2, 0) is 0 Å². The van der Waals surface area contributed by atoms with Gasteiger partial charge in [0.1, 0.15) is 0 Å². The zero-order chi connectivity index (χ0) is 12.7. The predicted octanol–water partition coefficient (Wildman–Crippen LogP) is 3.66. The number of nitrogen functional groups attached to an aromatic ring is 1. The van der Waals surface area contributed by atoms with Crippen LogP contribution in [0.4, 0.5) is 5.88 Å². The molecule has 0 aliphatic carbocycles. The first-order valence-electron chi connectivity index (χ1n) is 5.76. The molecule has 4 nitrogen and oxygen atoms in total. The van der Waals surface area contributed by atoms with E-state index >= 15 is 0 Å². The summed E-state index contributed by atoms with van der Waals surface area (Å²) in [7, 11) is 0. The highest BCUT2D eigenvalue weighted by Crippen LogP contribution is 2.32. The van der Waals surface area contributed by atoms with Crippen molar-refractivity contribution < 1.29 is 4.52 Å². The topological polar surface area (TPSA) is 64.9 Å². The summed E-state index contributed by atoms with van der Waals surface area (Å²) in [6.45, 7) is 4.30. The quantitative estimate of drug-likeness (QED) is 0.762. The van der Waals surface area contributed by atoms with Crippen LogP contribution in [0.3, 0.4) is 0 Å². The molecule has 0 fully saturated rings. The molecular formula is C13H13N3OS. The van der Waals surface area contributed by atoms with Crippen molar-refractivity contribution in [3.8, 4) is 11.1 Å². The van der Waals surface area contributed by atoms with Gasteiger partial charge in [-0.05, 0) is 17.7 Å². The second-order valence-electron chi connectivity index (χ2n) is 4.49. The van der Waals surface area contributed by atoms with Gasteiger partial charge in [-0.15, -0.1) is 11.3 Å². The molecule has 92 valence electrons. The van der Waals surface area contributed by atoms with Crippen LogP contribution in [0.2, 0.25) is 0 Å². The van der Waals surface area contributed by atoms with E-state index in [2.05, 4.69) is 30.1 Å². The molecule has 0 atom stereocenters. The number of rotatable bonds is 2. The summed E-state index contributed by atoms with van der Waals surface area (Å²) < 4.78 is 6.05. The fourth-order valence-electron chi connectivity index (χ4n) is 1.82. The van der Waals surface area contributed by atoms with Crippen molar-refractivity contribution in [2.75, 3.05) is 5.73 Å². The van der Waals surface area contributed by atoms with Crippen LogP contribution in [0.15, 0.2) is 28.9 Å². The molecule has 3 aromatic rings. The van der Waals surface area contributed by atoms with Crippen molar-refractivity contribution in [2.24, 2.45) is 0 Å². The summed E-state index contributed by atoms with van der Waals surface area (Å²) in [6.07, 6.45) is 1.64. The Kier molecular flexibility index (Phi) is 2.56. The van der Waals surface area contributed by atoms with E-state index in [1.54, 1.807) is 17.5 Å². The number of nitrogens with zero attached hydrogens (tertiary/aromatic N) is 2. The summed E-state index contributed by atoms with van der Waals surface area (Å²) in [5, 5.41) is 4.85. The first-order valence-corrected chi connectivity index (χ1v) is 6.58. The fraction of sp³-hybridized carbons (Fsp3) is 0.231. The molecule has 0 amide bonds. The Bertz CT molecular complexity index is 699. The zero-order valence-corrected chi connectivity index (χ0v) is 11.0. The van der Waals surface area contributed by atoms with Gasteiger partial charge in [0.2, 0.25) is 5.88 Å². The highest BCUT2D eigenvalue weighted by Gasteiger charge is 2.11. The van der Waals surface area contributed by atoms with Gasteiger partial charge < -0.3 is 10.3 Å². The van der Waals surface area contributed by atoms with Gasteiger partial charge in [0.25, 0.3) is 0 Å². The SMILES string of the molecule is CC(C)c1nc2ccc(-c3cnoc3N)cc2s1. The minimum Gasteiger partial charge on any atom is -0.367 e. The van der Waals surface area contributed by atoms with E-state index in [9.17, 15) is 0 Å². The van der Waals surface area contributed by atoms with E-state index in [0.717, 1.165) is 26.4 Å². The molecule has 0 radical (unpaired) electrons. The molecule has 0 saturated carbocycles. The van der Waals surface area contributed by atoms with Crippen molar-refractivity contribution >= 4 is 27.4 Å². The fourth-order valence-corrected chi connectivity index (χ4v) is 2.83. The second-order valence-corrected chi connectivity index (χ2v) is 5.56. The second kappa shape index (κ2) is 4.10. The first-order chi connectivity index (χ1) is 8.65. The molecule has 0 bridgehead atoms. The Labute approximate surface area is 108 Å². The van der Waals surface area contributed by atoms with Crippen molar-refractivity contribution in [1.82, 2.24) is 10.1 Å². The smallest absolute Gasteiger partial charge is 0.229 e. The largest absolute Gasteiger partial charge is 0.367 e. The van der Waals surface area contributed by atoms with Crippen LogP contribution in [0.5, 0.6) is 0 Å². The summed E-state index contributed by atoms with van der Waals surface area (Å²) in [5.74, 6) is 0.800. The van der Waals surface area contributed by atoms with Gasteiger partial charge in [0, 0.05) is 5.92 Å². The van der Waals surface area contributed by atoms with Crippen molar-refractivity contribution in [1.29, 1.82) is 0 Å². The molecule has 0 unspecified atom stereocenters. The lowest BCUT2D eigenvalue weighted by atomic mass is 10.1. The molecule has 5 heteroatoms. The summed E-state index contributed by atoms with van der Waals surface area (Å²) in [4.78, 5) is 4.61. The zero-order valence-electron chi connectivity index (χ0n) is 10.2. The maximum Gasteiger partial charge on any atom is 0.229 e. The average molecular weight is 259 g/mol.